The van der Waals surface area contributed by atoms with Gasteiger partial charge in [-0.1, -0.05) is 6.07 Å². The summed E-state index contributed by atoms with van der Waals surface area (Å²) in [6.07, 6.45) is 2.67. The molecule has 1 atom stereocenters. The van der Waals surface area contributed by atoms with Gasteiger partial charge in [-0.3, -0.25) is 4.90 Å². The Morgan fingerprint density at radius 1 is 1.38 bits per heavy atom. The van der Waals surface area contributed by atoms with Crippen LogP contribution in [0, 0.1) is 11.7 Å². The molecule has 4 heteroatoms. The van der Waals surface area contributed by atoms with Crippen LogP contribution in [0.25, 0.3) is 0 Å². The van der Waals surface area contributed by atoms with Crippen LogP contribution >= 0.6 is 0 Å². The molecule has 3 nitrogen and oxygen atoms in total. The maximum absolute atomic E-state index is 14.2. The number of hydrogen-bond donors (Lipinski definition) is 1. The first kappa shape index (κ1) is 14.8. The molecule has 0 aromatic heterocycles. The molecule has 21 heavy (non-hydrogen) atoms. The average molecular weight is 292 g/mol. The number of nitrogens with one attached hydrogen (secondary N) is 1. The van der Waals surface area contributed by atoms with Gasteiger partial charge in [0.25, 0.3) is 0 Å². The first-order valence-electron chi connectivity index (χ1n) is 7.80. The number of ether oxygens (including phenoxy) is 1. The normalized spacial score (nSPS) is 25.8. The summed E-state index contributed by atoms with van der Waals surface area (Å²) in [6.45, 7) is 7.08. The minimum Gasteiger partial charge on any atom is -0.497 e. The summed E-state index contributed by atoms with van der Waals surface area (Å²) in [6, 6.07) is 5.73. The smallest absolute Gasteiger partial charge is 0.131 e. The second-order valence-electron chi connectivity index (χ2n) is 6.98. The first-order chi connectivity index (χ1) is 9.99. The highest BCUT2D eigenvalue weighted by Gasteiger charge is 2.40. The fourth-order valence-electron chi connectivity index (χ4n) is 3.12. The van der Waals surface area contributed by atoms with Gasteiger partial charge in [-0.25, -0.2) is 4.39 Å². The van der Waals surface area contributed by atoms with Gasteiger partial charge in [0.2, 0.25) is 0 Å². The van der Waals surface area contributed by atoms with E-state index in [1.54, 1.807) is 7.11 Å². The second-order valence-corrected chi connectivity index (χ2v) is 6.98. The van der Waals surface area contributed by atoms with Crippen molar-refractivity contribution in [1.29, 1.82) is 0 Å². The summed E-state index contributed by atoms with van der Waals surface area (Å²) < 4.78 is 19.3. The number of rotatable bonds is 4. The standard InChI is InChI=1S/C17H25FN2O/c1-17(2)11-19-16(12-4-5-12)10-20(17)9-13-6-7-14(21-3)8-15(13)18/h6-8,12,16,19H,4-5,9-11H2,1-3H3. The highest BCUT2D eigenvalue weighted by Crippen LogP contribution is 2.36. The molecule has 0 spiro atoms. The number of hydrogen-bond acceptors (Lipinski definition) is 3. The predicted octanol–water partition coefficient (Wildman–Crippen LogP) is 2.80. The van der Waals surface area contributed by atoms with Gasteiger partial charge in [-0.2, -0.15) is 0 Å². The van der Waals surface area contributed by atoms with Crippen molar-refractivity contribution in [2.75, 3.05) is 20.2 Å². The first-order valence-corrected chi connectivity index (χ1v) is 7.80. The molecular formula is C17H25FN2O. The second kappa shape index (κ2) is 5.58. The van der Waals surface area contributed by atoms with Crippen molar-refractivity contribution in [3.05, 3.63) is 29.6 Å². The molecule has 1 N–H and O–H groups in total. The van der Waals surface area contributed by atoms with Crippen molar-refractivity contribution in [2.24, 2.45) is 5.92 Å². The Morgan fingerprint density at radius 2 is 2.14 bits per heavy atom. The third-order valence-electron chi connectivity index (χ3n) is 4.88. The molecule has 3 rings (SSSR count). The van der Waals surface area contributed by atoms with Crippen LogP contribution in [0.5, 0.6) is 5.75 Å². The monoisotopic (exact) mass is 292 g/mol. The summed E-state index contributed by atoms with van der Waals surface area (Å²) in [5, 5.41) is 3.66. The molecule has 0 radical (unpaired) electrons. The van der Waals surface area contributed by atoms with E-state index in [1.807, 2.05) is 12.1 Å². The van der Waals surface area contributed by atoms with Crippen molar-refractivity contribution in [2.45, 2.75) is 44.8 Å². The summed E-state index contributed by atoms with van der Waals surface area (Å²) >= 11 is 0. The summed E-state index contributed by atoms with van der Waals surface area (Å²) in [5.74, 6) is 1.22. The van der Waals surface area contributed by atoms with Crippen LogP contribution < -0.4 is 10.1 Å². The zero-order valence-electron chi connectivity index (χ0n) is 13.2. The molecule has 1 aromatic rings. The molecule has 1 saturated heterocycles. The van der Waals surface area contributed by atoms with Gasteiger partial charge in [-0.15, -0.1) is 0 Å². The van der Waals surface area contributed by atoms with Gasteiger partial charge in [0.15, 0.2) is 0 Å². The van der Waals surface area contributed by atoms with E-state index in [4.69, 9.17) is 4.74 Å². The lowest BCUT2D eigenvalue weighted by Gasteiger charge is -2.46. The summed E-state index contributed by atoms with van der Waals surface area (Å²) in [4.78, 5) is 2.41. The lowest BCUT2D eigenvalue weighted by atomic mass is 9.95. The van der Waals surface area contributed by atoms with E-state index in [1.165, 1.54) is 18.9 Å². The molecule has 1 aromatic carbocycles. The molecule has 1 aliphatic carbocycles. The summed E-state index contributed by atoms with van der Waals surface area (Å²) in [7, 11) is 1.56. The number of methoxy groups -OCH3 is 1. The van der Waals surface area contributed by atoms with Crippen LogP contribution in [-0.2, 0) is 6.54 Å². The maximum atomic E-state index is 14.2. The molecule has 0 bridgehead atoms. The van der Waals surface area contributed by atoms with Crippen LogP contribution in [0.4, 0.5) is 4.39 Å². The van der Waals surface area contributed by atoms with Gasteiger partial charge in [0.1, 0.15) is 11.6 Å². The van der Waals surface area contributed by atoms with E-state index >= 15 is 0 Å². The van der Waals surface area contributed by atoms with E-state index in [2.05, 4.69) is 24.1 Å². The zero-order valence-corrected chi connectivity index (χ0v) is 13.2. The third kappa shape index (κ3) is 3.22. The lowest BCUT2D eigenvalue weighted by molar-refractivity contribution is 0.0524. The van der Waals surface area contributed by atoms with Crippen molar-refractivity contribution >= 4 is 0 Å². The number of benzene rings is 1. The number of nitrogens with zero attached hydrogens (tertiary/aromatic N) is 1. The van der Waals surface area contributed by atoms with Crippen LogP contribution in [0.15, 0.2) is 18.2 Å². The van der Waals surface area contributed by atoms with Gasteiger partial charge < -0.3 is 10.1 Å². The Labute approximate surface area is 126 Å². The third-order valence-corrected chi connectivity index (χ3v) is 4.88. The SMILES string of the molecule is COc1ccc(CN2CC(C3CC3)NCC2(C)C)c(F)c1. The van der Waals surface area contributed by atoms with E-state index in [0.29, 0.717) is 18.3 Å². The van der Waals surface area contributed by atoms with Crippen LogP contribution in [0.3, 0.4) is 0 Å². The Balaban J connectivity index is 1.74. The fourth-order valence-corrected chi connectivity index (χ4v) is 3.12. The molecule has 2 fully saturated rings. The van der Waals surface area contributed by atoms with Crippen LogP contribution in [-0.4, -0.2) is 36.7 Å². The fraction of sp³-hybridized carbons (Fsp3) is 0.647. The number of piperazine rings is 1. The number of halogens is 1. The zero-order chi connectivity index (χ0) is 15.0. The highest BCUT2D eigenvalue weighted by molar-refractivity contribution is 5.29. The highest BCUT2D eigenvalue weighted by atomic mass is 19.1. The van der Waals surface area contributed by atoms with Gasteiger partial charge in [-0.05, 0) is 38.7 Å². The average Bonchev–Trinajstić information content (AvgIpc) is 3.27. The molecular weight excluding hydrogens is 267 g/mol. The van der Waals surface area contributed by atoms with Crippen molar-refractivity contribution < 1.29 is 9.13 Å². The molecule has 1 saturated carbocycles. The van der Waals surface area contributed by atoms with Gasteiger partial charge in [0, 0.05) is 42.8 Å². The van der Waals surface area contributed by atoms with Crippen molar-refractivity contribution in [3.8, 4) is 5.75 Å². The minimum atomic E-state index is -0.174. The van der Waals surface area contributed by atoms with E-state index in [0.717, 1.165) is 24.6 Å². The molecule has 0 amide bonds. The molecule has 1 heterocycles. The van der Waals surface area contributed by atoms with Crippen LogP contribution in [0.1, 0.15) is 32.3 Å². The molecule has 1 unspecified atom stereocenters. The van der Waals surface area contributed by atoms with Crippen molar-refractivity contribution in [3.63, 3.8) is 0 Å². The lowest BCUT2D eigenvalue weighted by Crippen LogP contribution is -2.62. The van der Waals surface area contributed by atoms with Gasteiger partial charge >= 0.3 is 0 Å². The van der Waals surface area contributed by atoms with E-state index in [9.17, 15) is 4.39 Å². The quantitative estimate of drug-likeness (QED) is 0.923. The summed E-state index contributed by atoms with van der Waals surface area (Å²) in [5.41, 5.74) is 0.804. The minimum absolute atomic E-state index is 0.0533. The van der Waals surface area contributed by atoms with E-state index < -0.39 is 0 Å². The maximum Gasteiger partial charge on any atom is 0.131 e. The van der Waals surface area contributed by atoms with Gasteiger partial charge in [0.05, 0.1) is 7.11 Å². The Morgan fingerprint density at radius 3 is 2.76 bits per heavy atom. The molecule has 2 aliphatic rings. The topological polar surface area (TPSA) is 24.5 Å². The molecule has 1 aliphatic heterocycles. The molecule has 116 valence electrons. The Bertz CT molecular complexity index is 514. The largest absolute Gasteiger partial charge is 0.497 e. The van der Waals surface area contributed by atoms with E-state index in [-0.39, 0.29) is 11.4 Å². The van der Waals surface area contributed by atoms with Crippen molar-refractivity contribution in [1.82, 2.24) is 10.2 Å². The predicted molar refractivity (Wildman–Crippen MR) is 82.0 cm³/mol. The Kier molecular flexibility index (Phi) is 3.93. The Hall–Kier alpha value is -1.13. The van der Waals surface area contributed by atoms with Crippen LogP contribution in [0.2, 0.25) is 0 Å².